The van der Waals surface area contributed by atoms with Crippen LogP contribution in [0.2, 0.25) is 0 Å². The molecule has 1 amide bonds. The van der Waals surface area contributed by atoms with E-state index in [0.29, 0.717) is 24.5 Å². The minimum absolute atomic E-state index is 0.0215. The van der Waals surface area contributed by atoms with Crippen LogP contribution in [0.25, 0.3) is 0 Å². The van der Waals surface area contributed by atoms with Crippen LogP contribution in [0.15, 0.2) is 109 Å². The topological polar surface area (TPSA) is 29.1 Å². The molecule has 234 valence electrons. The second-order valence-corrected chi connectivity index (χ2v) is 21.7. The molecule has 1 N–H and O–H groups in total. The molecule has 0 unspecified atom stereocenters. The third-order valence-corrected chi connectivity index (χ3v) is 17.0. The van der Waals surface area contributed by atoms with Crippen molar-refractivity contribution < 1.29 is 31.1 Å². The van der Waals surface area contributed by atoms with Crippen molar-refractivity contribution in [3.05, 3.63) is 131 Å². The zero-order valence-corrected chi connectivity index (χ0v) is 26.9. The summed E-state index contributed by atoms with van der Waals surface area (Å²) < 4.78 is 81.6. The molecule has 10 heteroatoms. The monoisotopic (exact) mass is 695 g/mol. The van der Waals surface area contributed by atoms with E-state index >= 15 is 0 Å². The fraction of sp³-hybridized carbons (Fsp3) is 0.265. The first-order valence-corrected chi connectivity index (χ1v) is 18.5. The quantitative estimate of drug-likeness (QED) is 0.144. The molecule has 0 aliphatic heterocycles. The van der Waals surface area contributed by atoms with E-state index in [9.17, 15) is 31.1 Å². The van der Waals surface area contributed by atoms with Crippen LogP contribution in [0.1, 0.15) is 47.8 Å². The molecule has 4 rings (SSSR count). The van der Waals surface area contributed by atoms with Gasteiger partial charge < -0.3 is 0 Å². The Hall–Kier alpha value is -3.16. The standard InChI is InChI=1S/C34H33BrF6NOP/c1-32(2,3)30(42-31(43)25-19-26(33(36,37)38)21-27(20-25)34(39,40)41)23-44(35,28-15-9-5-10-16-28,29-17-11-6-12-18-29)22-24-13-7-4-8-14-24/h4-21,30H,22-23H2,1-3H3,(H,42,43)/t30-/m1/s1. The van der Waals surface area contributed by atoms with Crippen LogP contribution in [-0.2, 0) is 18.5 Å². The van der Waals surface area contributed by atoms with E-state index in [1.54, 1.807) is 0 Å². The van der Waals surface area contributed by atoms with Crippen LogP contribution in [-0.4, -0.2) is 18.1 Å². The average Bonchev–Trinajstić information content (AvgIpc) is 2.97. The van der Waals surface area contributed by atoms with Gasteiger partial charge in [0, 0.05) is 0 Å². The van der Waals surface area contributed by atoms with E-state index in [1.165, 1.54) is 0 Å². The molecular formula is C34H33BrF6NOP. The predicted molar refractivity (Wildman–Crippen MR) is 170 cm³/mol. The first-order valence-electron chi connectivity index (χ1n) is 13.9. The summed E-state index contributed by atoms with van der Waals surface area (Å²) in [5, 5.41) is 1.36. The van der Waals surface area contributed by atoms with E-state index in [0.717, 1.165) is 16.2 Å². The van der Waals surface area contributed by atoms with Gasteiger partial charge in [-0.15, -0.1) is 0 Å². The van der Waals surface area contributed by atoms with Crippen molar-refractivity contribution in [2.45, 2.75) is 45.3 Å². The summed E-state index contributed by atoms with van der Waals surface area (Å²) in [6.45, 7) is 5.66. The van der Waals surface area contributed by atoms with Gasteiger partial charge in [0.05, 0.1) is 0 Å². The van der Waals surface area contributed by atoms with Crippen LogP contribution in [0, 0.1) is 5.41 Å². The SMILES string of the molecule is CC(C)(C)[C@@H](CP(Br)(Cc1ccccc1)(c1ccccc1)c1ccccc1)NC(=O)c1cc(C(F)(F)F)cc(C(F)(F)F)c1. The molecule has 0 heterocycles. The molecule has 0 bridgehead atoms. The molecule has 0 aliphatic carbocycles. The molecule has 0 spiro atoms. The molecule has 0 aromatic heterocycles. The van der Waals surface area contributed by atoms with Crippen molar-refractivity contribution in [1.82, 2.24) is 5.32 Å². The molecule has 0 saturated carbocycles. The van der Waals surface area contributed by atoms with E-state index in [-0.39, 0.29) is 6.07 Å². The number of carbonyl (C=O) groups excluding carboxylic acids is 1. The Labute approximate surface area is 261 Å². The van der Waals surface area contributed by atoms with Gasteiger partial charge in [0.1, 0.15) is 0 Å². The van der Waals surface area contributed by atoms with Gasteiger partial charge >= 0.3 is 262 Å². The molecular weight excluding hydrogens is 663 g/mol. The van der Waals surface area contributed by atoms with E-state index in [2.05, 4.69) is 20.8 Å². The summed E-state index contributed by atoms with van der Waals surface area (Å²) in [5.74, 6) is -1.01. The number of rotatable bonds is 8. The fourth-order valence-corrected chi connectivity index (χ4v) is 13.8. The summed E-state index contributed by atoms with van der Waals surface area (Å²) in [6.07, 6.45) is -9.27. The number of amides is 1. The van der Waals surface area contributed by atoms with Crippen molar-refractivity contribution in [3.63, 3.8) is 0 Å². The molecule has 0 fully saturated rings. The average molecular weight is 697 g/mol. The van der Waals surface area contributed by atoms with Gasteiger partial charge in [0.25, 0.3) is 0 Å². The van der Waals surface area contributed by atoms with Crippen LogP contribution < -0.4 is 15.9 Å². The minimum atomic E-state index is -5.07. The van der Waals surface area contributed by atoms with Crippen LogP contribution in [0.3, 0.4) is 0 Å². The van der Waals surface area contributed by atoms with Gasteiger partial charge in [-0.25, -0.2) is 0 Å². The van der Waals surface area contributed by atoms with Gasteiger partial charge in [-0.1, -0.05) is 0 Å². The molecule has 4 aromatic carbocycles. The molecule has 0 radical (unpaired) electrons. The zero-order chi connectivity index (χ0) is 32.4. The van der Waals surface area contributed by atoms with Crippen molar-refractivity contribution >= 4 is 37.3 Å². The van der Waals surface area contributed by atoms with Crippen molar-refractivity contribution in [3.8, 4) is 0 Å². The second kappa shape index (κ2) is 12.3. The molecule has 4 aromatic rings. The van der Waals surface area contributed by atoms with Crippen LogP contribution in [0.5, 0.6) is 0 Å². The fourth-order valence-electron chi connectivity index (χ4n) is 5.35. The summed E-state index contributed by atoms with van der Waals surface area (Å²) in [6, 6.07) is 29.7. The normalized spacial score (nSPS) is 14.4. The van der Waals surface area contributed by atoms with Gasteiger partial charge in [0.15, 0.2) is 0 Å². The van der Waals surface area contributed by atoms with Gasteiger partial charge in [-0.2, -0.15) is 0 Å². The number of nitrogens with one attached hydrogen (secondary N) is 1. The summed E-state index contributed by atoms with van der Waals surface area (Å²) in [5.41, 5.74) is -3.41. The van der Waals surface area contributed by atoms with Gasteiger partial charge in [-0.05, 0) is 0 Å². The maximum absolute atomic E-state index is 13.6. The van der Waals surface area contributed by atoms with Gasteiger partial charge in [-0.3, -0.25) is 0 Å². The van der Waals surface area contributed by atoms with E-state index in [1.807, 2.05) is 112 Å². The number of carbonyl (C=O) groups is 1. The number of benzene rings is 4. The first kappa shape index (κ1) is 33.7. The summed E-state index contributed by atoms with van der Waals surface area (Å²) in [4.78, 5) is 13.6. The molecule has 2 nitrogen and oxygen atoms in total. The Balaban J connectivity index is 1.89. The van der Waals surface area contributed by atoms with Crippen molar-refractivity contribution in [2.75, 3.05) is 6.16 Å². The number of alkyl halides is 6. The summed E-state index contributed by atoms with van der Waals surface area (Å²) >= 11 is 4.34. The Morgan fingerprint density at radius 1 is 0.705 bits per heavy atom. The zero-order valence-electron chi connectivity index (χ0n) is 24.4. The van der Waals surface area contributed by atoms with Crippen molar-refractivity contribution in [2.24, 2.45) is 5.41 Å². The third kappa shape index (κ3) is 7.37. The Morgan fingerprint density at radius 2 is 1.11 bits per heavy atom. The second-order valence-electron chi connectivity index (χ2n) is 12.1. The summed E-state index contributed by atoms with van der Waals surface area (Å²) in [7, 11) is 0. The molecule has 44 heavy (non-hydrogen) atoms. The number of hydrogen-bond donors (Lipinski definition) is 1. The Morgan fingerprint density at radius 3 is 1.50 bits per heavy atom. The van der Waals surface area contributed by atoms with Crippen molar-refractivity contribution in [1.29, 1.82) is 0 Å². The Bertz CT molecular complexity index is 1510. The molecule has 1 atom stereocenters. The number of halogens is 7. The van der Waals surface area contributed by atoms with Crippen LogP contribution >= 0.6 is 20.8 Å². The number of hydrogen-bond acceptors (Lipinski definition) is 1. The van der Waals surface area contributed by atoms with Crippen LogP contribution in [0.4, 0.5) is 26.3 Å². The third-order valence-electron chi connectivity index (χ3n) is 7.81. The van der Waals surface area contributed by atoms with E-state index in [4.69, 9.17) is 0 Å². The maximum atomic E-state index is 13.6. The predicted octanol–water partition coefficient (Wildman–Crippen LogP) is 9.58. The first-order chi connectivity index (χ1) is 20.4. The Kier molecular flexibility index (Phi) is 9.44. The van der Waals surface area contributed by atoms with E-state index < -0.39 is 51.7 Å². The van der Waals surface area contributed by atoms with Gasteiger partial charge in [0.2, 0.25) is 0 Å². The molecule has 0 saturated heterocycles. The molecule has 0 aliphatic rings.